The molecule has 0 aliphatic heterocycles. The second-order valence-electron chi connectivity index (χ2n) is 8.29. The molecule has 1 N–H and O–H groups in total. The molecule has 0 aromatic heterocycles. The summed E-state index contributed by atoms with van der Waals surface area (Å²) in [6, 6.07) is 6.78. The predicted molar refractivity (Wildman–Crippen MR) is 98.9 cm³/mol. The van der Waals surface area contributed by atoms with Crippen LogP contribution in [0.3, 0.4) is 0 Å². The lowest BCUT2D eigenvalue weighted by Crippen LogP contribution is -2.29. The lowest BCUT2D eigenvalue weighted by molar-refractivity contribution is 0.0915. The zero-order chi connectivity index (χ0) is 18.2. The number of carbonyl (C=O) groups is 2. The van der Waals surface area contributed by atoms with Gasteiger partial charge in [-0.1, -0.05) is 51.5 Å². The molecule has 1 fully saturated rings. The van der Waals surface area contributed by atoms with E-state index in [0.29, 0.717) is 34.5 Å². The number of carbonyl (C=O) groups excluding carboxylic acids is 2. The van der Waals surface area contributed by atoms with E-state index < -0.39 is 5.78 Å². The average molecular weight is 340 g/mol. The Morgan fingerprint density at radius 2 is 1.56 bits per heavy atom. The minimum absolute atomic E-state index is 0.177. The van der Waals surface area contributed by atoms with Crippen molar-refractivity contribution in [1.29, 1.82) is 0 Å². The van der Waals surface area contributed by atoms with Crippen molar-refractivity contribution >= 4 is 11.6 Å². The lowest BCUT2D eigenvalue weighted by atomic mass is 9.66. The van der Waals surface area contributed by atoms with E-state index in [-0.39, 0.29) is 11.5 Å². The number of allylic oxidation sites excluding steroid dienone is 2. The molecule has 0 atom stereocenters. The summed E-state index contributed by atoms with van der Waals surface area (Å²) in [6.45, 7) is 6.93. The number of Topliss-reactive ketones (excluding diaryl/α,β-unsaturated/α-hetero) is 2. The summed E-state index contributed by atoms with van der Waals surface area (Å²) < 4.78 is 0. The van der Waals surface area contributed by atoms with Crippen molar-refractivity contribution in [3.8, 4) is 0 Å². The number of hydrogen-bond donors (Lipinski definition) is 1. The summed E-state index contributed by atoms with van der Waals surface area (Å²) in [5, 5.41) is 10.3. The van der Waals surface area contributed by atoms with Gasteiger partial charge >= 0.3 is 0 Å². The molecule has 3 nitrogen and oxygen atoms in total. The summed E-state index contributed by atoms with van der Waals surface area (Å²) in [6.07, 6.45) is 6.15. The van der Waals surface area contributed by atoms with E-state index in [9.17, 15) is 14.7 Å². The summed E-state index contributed by atoms with van der Waals surface area (Å²) in [7, 11) is 0. The van der Waals surface area contributed by atoms with Crippen LogP contribution >= 0.6 is 0 Å². The van der Waals surface area contributed by atoms with Crippen molar-refractivity contribution in [1.82, 2.24) is 0 Å². The molecule has 0 spiro atoms. The van der Waals surface area contributed by atoms with Crippen LogP contribution in [0.2, 0.25) is 0 Å². The van der Waals surface area contributed by atoms with Gasteiger partial charge in [-0.25, -0.2) is 0 Å². The van der Waals surface area contributed by atoms with E-state index >= 15 is 0 Å². The van der Waals surface area contributed by atoms with Gasteiger partial charge in [0.15, 0.2) is 11.5 Å². The molecule has 0 saturated heterocycles. The van der Waals surface area contributed by atoms with E-state index in [0.717, 1.165) is 31.6 Å². The van der Waals surface area contributed by atoms with Gasteiger partial charge < -0.3 is 5.11 Å². The second kappa shape index (κ2) is 6.78. The highest BCUT2D eigenvalue weighted by atomic mass is 16.3. The molecular weight excluding hydrogens is 312 g/mol. The molecule has 0 amide bonds. The van der Waals surface area contributed by atoms with Crippen LogP contribution in [0.5, 0.6) is 0 Å². The van der Waals surface area contributed by atoms with Crippen molar-refractivity contribution < 1.29 is 14.7 Å². The van der Waals surface area contributed by atoms with E-state index in [4.69, 9.17) is 0 Å². The SMILES string of the molecule is CCC(C)(C)C1CCC(CC2=C(O)C(=O)c3ccccc3C2=O)CC1. The van der Waals surface area contributed by atoms with Crippen LogP contribution in [-0.2, 0) is 0 Å². The number of fused-ring (bicyclic) bond motifs is 1. The molecule has 2 aliphatic rings. The van der Waals surface area contributed by atoms with E-state index in [1.165, 1.54) is 6.42 Å². The molecule has 0 unspecified atom stereocenters. The van der Waals surface area contributed by atoms with Gasteiger partial charge in [0, 0.05) is 16.7 Å². The first-order chi connectivity index (χ1) is 11.8. The Balaban J connectivity index is 1.73. The third kappa shape index (κ3) is 3.29. The molecule has 0 heterocycles. The van der Waals surface area contributed by atoms with Crippen molar-refractivity contribution in [2.45, 2.75) is 59.3 Å². The zero-order valence-corrected chi connectivity index (χ0v) is 15.5. The van der Waals surface area contributed by atoms with Crippen LogP contribution in [0.25, 0.3) is 0 Å². The minimum Gasteiger partial charge on any atom is -0.504 e. The fourth-order valence-corrected chi connectivity index (χ4v) is 4.33. The smallest absolute Gasteiger partial charge is 0.228 e. The van der Waals surface area contributed by atoms with Crippen LogP contribution in [0, 0.1) is 17.3 Å². The molecule has 134 valence electrons. The summed E-state index contributed by atoms with van der Waals surface area (Å²) >= 11 is 0. The van der Waals surface area contributed by atoms with Crippen LogP contribution in [0.1, 0.15) is 80.0 Å². The van der Waals surface area contributed by atoms with Crippen LogP contribution in [0.4, 0.5) is 0 Å². The molecule has 3 rings (SSSR count). The highest BCUT2D eigenvalue weighted by molar-refractivity contribution is 6.25. The topological polar surface area (TPSA) is 54.4 Å². The standard InChI is InChI=1S/C22H28O3/c1-4-22(2,3)15-11-9-14(10-12-15)13-18-19(23)16-7-5-6-8-17(16)20(24)21(18)25/h5-8,14-15,25H,4,9-13H2,1-3H3. The Kier molecular flexibility index (Phi) is 4.86. The van der Waals surface area contributed by atoms with Crippen molar-refractivity contribution in [3.63, 3.8) is 0 Å². The zero-order valence-electron chi connectivity index (χ0n) is 15.5. The summed E-state index contributed by atoms with van der Waals surface area (Å²) in [5.74, 6) is 0.179. The maximum absolute atomic E-state index is 12.7. The Morgan fingerprint density at radius 3 is 2.12 bits per heavy atom. The quantitative estimate of drug-likeness (QED) is 0.786. The van der Waals surface area contributed by atoms with Gasteiger partial charge in [-0.05, 0) is 49.4 Å². The summed E-state index contributed by atoms with van der Waals surface area (Å²) in [4.78, 5) is 25.1. The maximum atomic E-state index is 12.7. The minimum atomic E-state index is -0.411. The third-order valence-corrected chi connectivity index (χ3v) is 6.55. The largest absolute Gasteiger partial charge is 0.504 e. The molecule has 0 bridgehead atoms. The van der Waals surface area contributed by atoms with Crippen LogP contribution < -0.4 is 0 Å². The first-order valence-corrected chi connectivity index (χ1v) is 9.45. The molecule has 25 heavy (non-hydrogen) atoms. The Morgan fingerprint density at radius 1 is 1.00 bits per heavy atom. The maximum Gasteiger partial charge on any atom is 0.228 e. The van der Waals surface area contributed by atoms with Gasteiger partial charge in [0.25, 0.3) is 0 Å². The molecule has 1 aromatic rings. The van der Waals surface area contributed by atoms with Gasteiger partial charge in [0.1, 0.15) is 0 Å². The molecule has 3 heteroatoms. The van der Waals surface area contributed by atoms with Gasteiger partial charge in [-0.15, -0.1) is 0 Å². The highest BCUT2D eigenvalue weighted by Crippen LogP contribution is 2.44. The van der Waals surface area contributed by atoms with Gasteiger partial charge in [-0.2, -0.15) is 0 Å². The second-order valence-corrected chi connectivity index (χ2v) is 8.29. The highest BCUT2D eigenvalue weighted by Gasteiger charge is 2.36. The van der Waals surface area contributed by atoms with Crippen molar-refractivity contribution in [2.75, 3.05) is 0 Å². The first kappa shape index (κ1) is 17.9. The fraction of sp³-hybridized carbons (Fsp3) is 0.545. The molecule has 1 saturated carbocycles. The monoisotopic (exact) mass is 340 g/mol. The third-order valence-electron chi connectivity index (χ3n) is 6.55. The van der Waals surface area contributed by atoms with Crippen molar-refractivity contribution in [3.05, 3.63) is 46.7 Å². The van der Waals surface area contributed by atoms with E-state index in [2.05, 4.69) is 20.8 Å². The number of hydrogen-bond acceptors (Lipinski definition) is 3. The number of benzene rings is 1. The number of ketones is 2. The molecule has 1 aromatic carbocycles. The van der Waals surface area contributed by atoms with E-state index in [1.807, 2.05) is 0 Å². The van der Waals surface area contributed by atoms with Gasteiger partial charge in [0.05, 0.1) is 0 Å². The number of aliphatic hydroxyl groups is 1. The van der Waals surface area contributed by atoms with Gasteiger partial charge in [-0.3, -0.25) is 9.59 Å². The fourth-order valence-electron chi connectivity index (χ4n) is 4.33. The lowest BCUT2D eigenvalue weighted by Gasteiger charge is -2.39. The molecular formula is C22H28O3. The van der Waals surface area contributed by atoms with Crippen molar-refractivity contribution in [2.24, 2.45) is 17.3 Å². The molecule has 0 radical (unpaired) electrons. The van der Waals surface area contributed by atoms with Crippen LogP contribution in [-0.4, -0.2) is 16.7 Å². The van der Waals surface area contributed by atoms with Gasteiger partial charge in [0.2, 0.25) is 5.78 Å². The van der Waals surface area contributed by atoms with E-state index in [1.54, 1.807) is 24.3 Å². The Hall–Kier alpha value is -1.90. The Labute approximate surface area is 150 Å². The van der Waals surface area contributed by atoms with Crippen LogP contribution in [0.15, 0.2) is 35.6 Å². The number of rotatable bonds is 4. The number of aliphatic hydroxyl groups excluding tert-OH is 1. The normalized spacial score (nSPS) is 24.4. The Bertz CT molecular complexity index is 719. The first-order valence-electron chi connectivity index (χ1n) is 9.45. The average Bonchev–Trinajstić information content (AvgIpc) is 2.64. The summed E-state index contributed by atoms with van der Waals surface area (Å²) in [5.41, 5.74) is 1.44. The molecule has 2 aliphatic carbocycles. The predicted octanol–water partition coefficient (Wildman–Crippen LogP) is 5.51.